The number of nitrogens with one attached hydrogen (secondary N) is 1. The fourth-order valence-corrected chi connectivity index (χ4v) is 3.07. The molecule has 0 bridgehead atoms. The van der Waals surface area contributed by atoms with Gasteiger partial charge in [0, 0.05) is 23.1 Å². The Hall–Kier alpha value is -1.14. The Morgan fingerprint density at radius 1 is 1.50 bits per heavy atom. The molecule has 0 saturated heterocycles. The van der Waals surface area contributed by atoms with Crippen molar-refractivity contribution in [3.8, 4) is 6.07 Å². The first-order valence-electron chi connectivity index (χ1n) is 5.59. The Morgan fingerprint density at radius 3 is 3.06 bits per heavy atom. The molecule has 0 radical (unpaired) electrons. The lowest BCUT2D eigenvalue weighted by Gasteiger charge is -2.28. The molecule has 1 aromatic rings. The molecule has 1 aromatic carbocycles. The predicted molar refractivity (Wildman–Crippen MR) is 68.9 cm³/mol. The molecule has 0 aliphatic carbocycles. The van der Waals surface area contributed by atoms with Crippen LogP contribution in [0, 0.1) is 25.2 Å². The van der Waals surface area contributed by atoms with Gasteiger partial charge in [0.15, 0.2) is 0 Å². The minimum atomic E-state index is 0.442. The minimum absolute atomic E-state index is 0.442. The third-order valence-corrected chi connectivity index (χ3v) is 4.31. The van der Waals surface area contributed by atoms with Crippen molar-refractivity contribution in [2.75, 3.05) is 11.1 Å². The van der Waals surface area contributed by atoms with E-state index in [4.69, 9.17) is 5.26 Å². The van der Waals surface area contributed by atoms with Crippen molar-refractivity contribution in [3.63, 3.8) is 0 Å². The summed E-state index contributed by atoms with van der Waals surface area (Å²) in [7, 11) is 0. The molecule has 1 heterocycles. The molecule has 2 nitrogen and oxygen atoms in total. The van der Waals surface area contributed by atoms with Crippen LogP contribution in [0.2, 0.25) is 0 Å². The number of hydrogen-bond donors (Lipinski definition) is 1. The van der Waals surface area contributed by atoms with E-state index in [-0.39, 0.29) is 0 Å². The maximum atomic E-state index is 8.61. The zero-order valence-electron chi connectivity index (χ0n) is 9.71. The van der Waals surface area contributed by atoms with E-state index in [1.165, 1.54) is 21.7 Å². The number of nitriles is 1. The molecule has 2 rings (SSSR count). The van der Waals surface area contributed by atoms with Gasteiger partial charge in [-0.2, -0.15) is 5.26 Å². The second-order valence-electron chi connectivity index (χ2n) is 4.23. The summed E-state index contributed by atoms with van der Waals surface area (Å²) in [6.45, 7) is 4.30. The van der Waals surface area contributed by atoms with Gasteiger partial charge in [0.2, 0.25) is 0 Å². The van der Waals surface area contributed by atoms with Crippen molar-refractivity contribution in [2.24, 2.45) is 0 Å². The van der Waals surface area contributed by atoms with Gasteiger partial charge in [0.05, 0.1) is 11.8 Å². The van der Waals surface area contributed by atoms with Gasteiger partial charge in [0.1, 0.15) is 0 Å². The standard InChI is InChI=1S/C13H16N2S/c1-9-5-6-12-13(10(9)2)15-11(8-16-12)4-3-7-14/h5-6,11,15H,3-4,8H2,1-2H3. The molecule has 0 aromatic heterocycles. The van der Waals surface area contributed by atoms with Gasteiger partial charge >= 0.3 is 0 Å². The monoisotopic (exact) mass is 232 g/mol. The van der Waals surface area contributed by atoms with Crippen LogP contribution in [0.25, 0.3) is 0 Å². The number of anilines is 1. The van der Waals surface area contributed by atoms with Gasteiger partial charge in [-0.1, -0.05) is 6.07 Å². The molecular formula is C13H16N2S. The first kappa shape index (κ1) is 11.3. The zero-order chi connectivity index (χ0) is 11.5. The number of fused-ring (bicyclic) bond motifs is 1. The average Bonchev–Trinajstić information content (AvgIpc) is 2.31. The summed E-state index contributed by atoms with van der Waals surface area (Å²) < 4.78 is 0. The summed E-state index contributed by atoms with van der Waals surface area (Å²) in [4.78, 5) is 1.34. The fourth-order valence-electron chi connectivity index (χ4n) is 1.92. The van der Waals surface area contributed by atoms with Crippen molar-refractivity contribution in [3.05, 3.63) is 23.3 Å². The summed E-state index contributed by atoms with van der Waals surface area (Å²) in [6, 6.07) is 7.03. The Balaban J connectivity index is 2.19. The number of rotatable bonds is 2. The van der Waals surface area contributed by atoms with Crippen LogP contribution < -0.4 is 5.32 Å². The summed E-state index contributed by atoms with van der Waals surface area (Å²) in [6.07, 6.45) is 1.58. The Morgan fingerprint density at radius 2 is 2.31 bits per heavy atom. The lowest BCUT2D eigenvalue weighted by molar-refractivity contribution is 0.723. The van der Waals surface area contributed by atoms with Gasteiger partial charge in [0.25, 0.3) is 0 Å². The van der Waals surface area contributed by atoms with Crippen LogP contribution >= 0.6 is 11.8 Å². The SMILES string of the molecule is Cc1ccc2c(c1C)NC(CCC#N)CS2. The van der Waals surface area contributed by atoms with E-state index >= 15 is 0 Å². The highest BCUT2D eigenvalue weighted by Crippen LogP contribution is 2.37. The van der Waals surface area contributed by atoms with E-state index in [9.17, 15) is 0 Å². The molecular weight excluding hydrogens is 216 g/mol. The van der Waals surface area contributed by atoms with Crippen molar-refractivity contribution in [2.45, 2.75) is 37.6 Å². The van der Waals surface area contributed by atoms with Crippen LogP contribution in [0.5, 0.6) is 0 Å². The van der Waals surface area contributed by atoms with Crippen LogP contribution in [0.15, 0.2) is 17.0 Å². The van der Waals surface area contributed by atoms with Crippen LogP contribution in [0.3, 0.4) is 0 Å². The fraction of sp³-hybridized carbons (Fsp3) is 0.462. The molecule has 1 unspecified atom stereocenters. The molecule has 0 fully saturated rings. The molecule has 0 amide bonds. The number of hydrogen-bond acceptors (Lipinski definition) is 3. The highest BCUT2D eigenvalue weighted by atomic mass is 32.2. The van der Waals surface area contributed by atoms with Crippen LogP contribution in [0.1, 0.15) is 24.0 Å². The molecule has 16 heavy (non-hydrogen) atoms. The molecule has 1 atom stereocenters. The number of thioether (sulfide) groups is 1. The van der Waals surface area contributed by atoms with Crippen molar-refractivity contribution in [1.82, 2.24) is 0 Å². The average molecular weight is 232 g/mol. The minimum Gasteiger partial charge on any atom is -0.380 e. The largest absolute Gasteiger partial charge is 0.380 e. The van der Waals surface area contributed by atoms with Crippen LogP contribution in [-0.4, -0.2) is 11.8 Å². The highest BCUT2D eigenvalue weighted by Gasteiger charge is 2.19. The third kappa shape index (κ3) is 2.17. The maximum absolute atomic E-state index is 8.61. The first-order chi connectivity index (χ1) is 7.72. The normalized spacial score (nSPS) is 18.4. The van der Waals surface area contributed by atoms with Crippen molar-refractivity contribution < 1.29 is 0 Å². The van der Waals surface area contributed by atoms with E-state index in [0.717, 1.165) is 12.2 Å². The Bertz CT molecular complexity index is 434. The quantitative estimate of drug-likeness (QED) is 0.847. The number of benzene rings is 1. The Kier molecular flexibility index (Phi) is 3.40. The molecule has 0 saturated carbocycles. The summed E-state index contributed by atoms with van der Waals surface area (Å²) in [5.74, 6) is 1.07. The topological polar surface area (TPSA) is 35.8 Å². The zero-order valence-corrected chi connectivity index (χ0v) is 10.5. The molecule has 1 N–H and O–H groups in total. The first-order valence-corrected chi connectivity index (χ1v) is 6.57. The summed E-state index contributed by atoms with van der Waals surface area (Å²) in [5, 5.41) is 12.2. The lowest BCUT2D eigenvalue weighted by atomic mass is 10.1. The van der Waals surface area contributed by atoms with E-state index in [0.29, 0.717) is 12.5 Å². The molecule has 0 spiro atoms. The van der Waals surface area contributed by atoms with E-state index in [2.05, 4.69) is 37.4 Å². The van der Waals surface area contributed by atoms with Gasteiger partial charge in [-0.15, -0.1) is 11.8 Å². The maximum Gasteiger partial charge on any atom is 0.0622 e. The molecule has 3 heteroatoms. The van der Waals surface area contributed by atoms with Gasteiger partial charge in [-0.05, 0) is 37.5 Å². The molecule has 1 aliphatic rings. The van der Waals surface area contributed by atoms with Gasteiger partial charge < -0.3 is 5.32 Å². The smallest absolute Gasteiger partial charge is 0.0622 e. The van der Waals surface area contributed by atoms with Crippen molar-refractivity contribution >= 4 is 17.4 Å². The van der Waals surface area contributed by atoms with E-state index in [1.807, 2.05) is 11.8 Å². The predicted octanol–water partition coefficient (Wildman–Crippen LogP) is 3.49. The van der Waals surface area contributed by atoms with Crippen molar-refractivity contribution in [1.29, 1.82) is 5.26 Å². The van der Waals surface area contributed by atoms with Gasteiger partial charge in [-0.3, -0.25) is 0 Å². The van der Waals surface area contributed by atoms with Crippen LogP contribution in [0.4, 0.5) is 5.69 Å². The third-order valence-electron chi connectivity index (χ3n) is 3.09. The van der Waals surface area contributed by atoms with E-state index < -0.39 is 0 Å². The number of nitrogens with zero attached hydrogens (tertiary/aromatic N) is 1. The van der Waals surface area contributed by atoms with E-state index in [1.54, 1.807) is 0 Å². The summed E-state index contributed by atoms with van der Waals surface area (Å²) >= 11 is 1.90. The Labute approximate surface area is 101 Å². The number of aryl methyl sites for hydroxylation is 1. The van der Waals surface area contributed by atoms with Crippen LogP contribution in [-0.2, 0) is 0 Å². The molecule has 84 valence electrons. The van der Waals surface area contributed by atoms with Gasteiger partial charge in [-0.25, -0.2) is 0 Å². The second-order valence-corrected chi connectivity index (χ2v) is 5.29. The highest BCUT2D eigenvalue weighted by molar-refractivity contribution is 7.99. The summed E-state index contributed by atoms with van der Waals surface area (Å²) in [5.41, 5.74) is 3.94. The second kappa shape index (κ2) is 4.80. The molecule has 1 aliphatic heterocycles. The lowest BCUT2D eigenvalue weighted by Crippen LogP contribution is -2.26.